The maximum absolute atomic E-state index is 12.9. The first-order valence-corrected chi connectivity index (χ1v) is 8.44. The molecule has 0 bridgehead atoms. The summed E-state index contributed by atoms with van der Waals surface area (Å²) in [5.41, 5.74) is 2.28. The lowest BCUT2D eigenvalue weighted by Crippen LogP contribution is -2.24. The number of aromatic nitrogens is 4. The van der Waals surface area contributed by atoms with Crippen molar-refractivity contribution in [1.82, 2.24) is 24.1 Å². The number of fused-ring (bicyclic) bond motifs is 1. The molecule has 0 amide bonds. The first-order chi connectivity index (χ1) is 11.5. The van der Waals surface area contributed by atoms with Gasteiger partial charge in [-0.3, -0.25) is 18.8 Å². The first kappa shape index (κ1) is 15.7. The molecule has 1 fully saturated rings. The van der Waals surface area contributed by atoms with Gasteiger partial charge in [0.2, 0.25) is 5.28 Å². The van der Waals surface area contributed by atoms with E-state index >= 15 is 0 Å². The maximum atomic E-state index is 12.9. The van der Waals surface area contributed by atoms with Crippen LogP contribution >= 0.6 is 24.4 Å². The summed E-state index contributed by atoms with van der Waals surface area (Å²) in [6.45, 7) is 0.342. The lowest BCUT2D eigenvalue weighted by molar-refractivity contribution is 0.683. The minimum atomic E-state index is -0.148. The lowest BCUT2D eigenvalue weighted by atomic mass is 10.0. The van der Waals surface area contributed by atoms with Gasteiger partial charge in [-0.05, 0) is 42.1 Å². The number of hydrogen-bond acceptors (Lipinski definition) is 5. The van der Waals surface area contributed by atoms with Crippen molar-refractivity contribution in [3.63, 3.8) is 0 Å². The van der Waals surface area contributed by atoms with Gasteiger partial charge in [0.1, 0.15) is 0 Å². The number of nitrogens with zero attached hydrogens (tertiary/aromatic N) is 4. The molecule has 3 aromatic rings. The Balaban J connectivity index is 1.84. The van der Waals surface area contributed by atoms with Crippen LogP contribution in [0.5, 0.6) is 0 Å². The molecule has 24 heavy (non-hydrogen) atoms. The van der Waals surface area contributed by atoms with Crippen molar-refractivity contribution in [1.29, 1.82) is 0 Å². The maximum Gasteiger partial charge on any atom is 0.262 e. The smallest absolute Gasteiger partial charge is 0.262 e. The molecule has 1 aromatic carbocycles. The molecule has 2 aromatic heterocycles. The van der Waals surface area contributed by atoms with E-state index in [1.807, 2.05) is 31.4 Å². The Morgan fingerprint density at radius 1 is 1.42 bits per heavy atom. The summed E-state index contributed by atoms with van der Waals surface area (Å²) >= 11 is 10.5. The van der Waals surface area contributed by atoms with Gasteiger partial charge in [-0.15, -0.1) is 0 Å². The number of nitrogens with one attached hydrogen (secondary N) is 1. The van der Waals surface area contributed by atoms with Crippen molar-refractivity contribution in [2.45, 2.75) is 24.9 Å². The van der Waals surface area contributed by atoms with Crippen LogP contribution in [0.25, 0.3) is 10.9 Å². The predicted molar refractivity (Wildman–Crippen MR) is 96.4 cm³/mol. The summed E-state index contributed by atoms with van der Waals surface area (Å²) in [6.07, 6.45) is 5.58. The molecule has 0 radical (unpaired) electrons. The van der Waals surface area contributed by atoms with Crippen molar-refractivity contribution in [2.24, 2.45) is 7.05 Å². The second-order valence-corrected chi connectivity index (χ2v) is 6.78. The van der Waals surface area contributed by atoms with E-state index in [0.29, 0.717) is 17.4 Å². The van der Waals surface area contributed by atoms with Crippen LogP contribution in [0.15, 0.2) is 35.4 Å². The van der Waals surface area contributed by atoms with E-state index in [9.17, 15) is 4.79 Å². The molecule has 0 unspecified atom stereocenters. The van der Waals surface area contributed by atoms with E-state index in [4.69, 9.17) is 11.6 Å². The zero-order chi connectivity index (χ0) is 16.9. The first-order valence-electron chi connectivity index (χ1n) is 7.62. The number of halogens is 1. The Labute approximate surface area is 149 Å². The highest BCUT2D eigenvalue weighted by Gasteiger charge is 2.43. The molecule has 8 heteroatoms. The Kier molecular flexibility index (Phi) is 3.67. The fourth-order valence-corrected chi connectivity index (χ4v) is 3.53. The highest BCUT2D eigenvalue weighted by Crippen LogP contribution is 2.46. The summed E-state index contributed by atoms with van der Waals surface area (Å²) in [5, 5.41) is 4.86. The van der Waals surface area contributed by atoms with Gasteiger partial charge in [-0.1, -0.05) is 18.9 Å². The third-order valence-corrected chi connectivity index (χ3v) is 5.24. The third-order valence-electron chi connectivity index (χ3n) is 4.52. The standard InChI is InChI=1S/C16H16ClN5OS/c1-21-8-10(7-18-21)9-22-14(23)12-6-11(16(20-24)4-5-16)2-3-13(12)19-15(22)17/h2-3,6-8,20,24H,4-5,9H2,1H3. The minimum absolute atomic E-state index is 0.127. The van der Waals surface area contributed by atoms with Gasteiger partial charge < -0.3 is 0 Å². The van der Waals surface area contributed by atoms with E-state index in [0.717, 1.165) is 24.0 Å². The summed E-state index contributed by atoms with van der Waals surface area (Å²) in [6, 6.07) is 5.72. The fraction of sp³-hybridized carbons (Fsp3) is 0.312. The average Bonchev–Trinajstić information content (AvgIpc) is 3.27. The van der Waals surface area contributed by atoms with Crippen LogP contribution in [0.4, 0.5) is 0 Å². The van der Waals surface area contributed by atoms with Gasteiger partial charge in [0.05, 0.1) is 29.2 Å². The topological polar surface area (TPSA) is 64.7 Å². The van der Waals surface area contributed by atoms with Crippen LogP contribution in [0.2, 0.25) is 5.28 Å². The monoisotopic (exact) mass is 361 g/mol. The van der Waals surface area contributed by atoms with Crippen molar-refractivity contribution in [2.75, 3.05) is 0 Å². The van der Waals surface area contributed by atoms with Crippen LogP contribution in [-0.4, -0.2) is 19.3 Å². The highest BCUT2D eigenvalue weighted by atomic mass is 35.5. The molecule has 4 rings (SSSR count). The van der Waals surface area contributed by atoms with Crippen molar-refractivity contribution in [3.8, 4) is 0 Å². The lowest BCUT2D eigenvalue weighted by Gasteiger charge is -2.15. The van der Waals surface area contributed by atoms with E-state index < -0.39 is 0 Å². The van der Waals surface area contributed by atoms with Crippen molar-refractivity contribution >= 4 is 35.3 Å². The second kappa shape index (κ2) is 5.61. The SMILES string of the molecule is Cn1cc(Cn2c(Cl)nc3ccc(C4(NS)CC4)cc3c2=O)cn1. The van der Waals surface area contributed by atoms with Gasteiger partial charge in [-0.2, -0.15) is 5.10 Å². The minimum Gasteiger partial charge on any atom is -0.278 e. The zero-order valence-electron chi connectivity index (χ0n) is 13.0. The van der Waals surface area contributed by atoms with E-state index in [1.165, 1.54) is 4.57 Å². The molecule has 0 spiro atoms. The molecule has 6 nitrogen and oxygen atoms in total. The van der Waals surface area contributed by atoms with E-state index in [1.54, 1.807) is 10.9 Å². The molecule has 0 atom stereocenters. The number of rotatable bonds is 4. The predicted octanol–water partition coefficient (Wildman–Crippen LogP) is 2.26. The van der Waals surface area contributed by atoms with E-state index in [-0.39, 0.29) is 16.4 Å². The number of aryl methyl sites for hydroxylation is 1. The highest BCUT2D eigenvalue weighted by molar-refractivity contribution is 7.78. The number of hydrogen-bond donors (Lipinski definition) is 2. The molecule has 1 aliphatic carbocycles. The van der Waals surface area contributed by atoms with Gasteiger partial charge in [0.15, 0.2) is 0 Å². The van der Waals surface area contributed by atoms with Crippen molar-refractivity contribution in [3.05, 3.63) is 57.4 Å². The van der Waals surface area contributed by atoms with Crippen LogP contribution in [0, 0.1) is 0 Å². The van der Waals surface area contributed by atoms with Crippen LogP contribution in [0.3, 0.4) is 0 Å². The van der Waals surface area contributed by atoms with E-state index in [2.05, 4.69) is 27.6 Å². The molecular formula is C16H16ClN5OS. The molecular weight excluding hydrogens is 346 g/mol. The number of benzene rings is 1. The molecule has 1 aliphatic rings. The van der Waals surface area contributed by atoms with Gasteiger partial charge >= 0.3 is 0 Å². The van der Waals surface area contributed by atoms with Crippen LogP contribution < -0.4 is 10.3 Å². The molecule has 0 saturated heterocycles. The van der Waals surface area contributed by atoms with Gasteiger partial charge in [0, 0.05) is 18.8 Å². The quantitative estimate of drug-likeness (QED) is 0.552. The summed E-state index contributed by atoms with van der Waals surface area (Å²) < 4.78 is 6.21. The number of thiol groups is 1. The Morgan fingerprint density at radius 2 is 2.21 bits per heavy atom. The summed E-state index contributed by atoms with van der Waals surface area (Å²) in [5.74, 6) is 0. The zero-order valence-corrected chi connectivity index (χ0v) is 14.7. The molecule has 124 valence electrons. The molecule has 2 heterocycles. The third kappa shape index (κ3) is 2.53. The summed E-state index contributed by atoms with van der Waals surface area (Å²) in [7, 11) is 1.83. The second-order valence-electron chi connectivity index (χ2n) is 6.22. The Bertz CT molecular complexity index is 992. The molecule has 1 saturated carbocycles. The Morgan fingerprint density at radius 3 is 2.83 bits per heavy atom. The normalized spacial score (nSPS) is 15.8. The van der Waals surface area contributed by atoms with Crippen LogP contribution in [0.1, 0.15) is 24.0 Å². The summed E-state index contributed by atoms with van der Waals surface area (Å²) in [4.78, 5) is 17.3. The van der Waals surface area contributed by atoms with Crippen LogP contribution in [-0.2, 0) is 19.1 Å². The average molecular weight is 362 g/mol. The van der Waals surface area contributed by atoms with Gasteiger partial charge in [-0.25, -0.2) is 4.98 Å². The molecule has 1 N–H and O–H groups in total. The Hall–Kier alpha value is -1.83. The fourth-order valence-electron chi connectivity index (χ4n) is 2.95. The largest absolute Gasteiger partial charge is 0.278 e. The van der Waals surface area contributed by atoms with Gasteiger partial charge in [0.25, 0.3) is 5.56 Å². The molecule has 0 aliphatic heterocycles. The van der Waals surface area contributed by atoms with Crippen molar-refractivity contribution < 1.29 is 0 Å².